The average molecular weight is 375 g/mol. The van der Waals surface area contributed by atoms with E-state index in [0.29, 0.717) is 0 Å². The first-order chi connectivity index (χ1) is 12.5. The molecular weight excluding hydrogens is 340 g/mol. The van der Waals surface area contributed by atoms with Gasteiger partial charge >= 0.3 is 0 Å². The Morgan fingerprint density at radius 2 is 2.00 bits per heavy atom. The Morgan fingerprint density at radius 3 is 2.63 bits per heavy atom. The molecule has 2 aliphatic carbocycles. The van der Waals surface area contributed by atoms with Crippen LogP contribution in [0, 0.1) is 18.4 Å². The Kier molecular flexibility index (Phi) is 4.98. The Balaban J connectivity index is 1.93. The SMILES string of the molecule is [C-]#[N+][C@]1(C)CC[C@@H]([C@]2(C)CC[C@H](C(C)(C)NC=O)O2)[C@]2(O)C=C(C)CC[C@@H]21. The molecule has 6 atom stereocenters. The summed E-state index contributed by atoms with van der Waals surface area (Å²) >= 11 is 0. The standard InChI is InChI=1S/C22H34N2O3/c1-15-7-8-16-20(4,23-6)11-9-17(22(16,26)13-15)21(5)12-10-18(27-21)19(2,3)24-14-25/h13-14,16-18,26H,7-12H2,1-5H3,(H,24,25)/t16-,17+,18-,20-,21+,22+/m1/s1. The fourth-order valence-electron chi connectivity index (χ4n) is 5.96. The van der Waals surface area contributed by atoms with Crippen molar-refractivity contribution in [1.29, 1.82) is 0 Å². The molecule has 0 spiro atoms. The van der Waals surface area contributed by atoms with Crippen LogP contribution in [0.4, 0.5) is 0 Å². The number of nitrogens with one attached hydrogen (secondary N) is 1. The number of aliphatic hydroxyl groups is 1. The fraction of sp³-hybridized carbons (Fsp3) is 0.818. The van der Waals surface area contributed by atoms with Gasteiger partial charge in [-0.25, -0.2) is 6.57 Å². The summed E-state index contributed by atoms with van der Waals surface area (Å²) < 4.78 is 6.57. The van der Waals surface area contributed by atoms with Crippen LogP contribution in [0.25, 0.3) is 4.85 Å². The van der Waals surface area contributed by atoms with Crippen molar-refractivity contribution in [3.05, 3.63) is 23.1 Å². The zero-order chi connectivity index (χ0) is 20.1. The van der Waals surface area contributed by atoms with E-state index < -0.39 is 22.3 Å². The molecule has 150 valence electrons. The van der Waals surface area contributed by atoms with E-state index in [2.05, 4.69) is 24.0 Å². The van der Waals surface area contributed by atoms with Gasteiger partial charge in [-0.05, 0) is 59.8 Å². The minimum Gasteiger partial charge on any atom is -0.385 e. The number of rotatable bonds is 4. The van der Waals surface area contributed by atoms with E-state index in [0.717, 1.165) is 44.9 Å². The van der Waals surface area contributed by atoms with Crippen LogP contribution in [0.5, 0.6) is 0 Å². The van der Waals surface area contributed by atoms with Crippen LogP contribution in [-0.2, 0) is 9.53 Å². The van der Waals surface area contributed by atoms with E-state index in [1.54, 1.807) is 0 Å². The van der Waals surface area contributed by atoms with Gasteiger partial charge in [-0.15, -0.1) is 0 Å². The normalized spacial score (nSPS) is 44.8. The van der Waals surface area contributed by atoms with E-state index in [9.17, 15) is 9.90 Å². The summed E-state index contributed by atoms with van der Waals surface area (Å²) in [4.78, 5) is 14.9. The van der Waals surface area contributed by atoms with Crippen molar-refractivity contribution < 1.29 is 14.6 Å². The van der Waals surface area contributed by atoms with Crippen LogP contribution in [0.1, 0.15) is 73.1 Å². The summed E-state index contributed by atoms with van der Waals surface area (Å²) in [6.45, 7) is 17.9. The molecule has 0 aromatic carbocycles. The summed E-state index contributed by atoms with van der Waals surface area (Å²) in [6.07, 6.45) is 7.75. The number of hydrogen-bond donors (Lipinski definition) is 2. The Labute approximate surface area is 163 Å². The van der Waals surface area contributed by atoms with Gasteiger partial charge in [0.1, 0.15) is 0 Å². The number of nitrogens with zero attached hydrogens (tertiary/aromatic N) is 1. The van der Waals surface area contributed by atoms with Crippen LogP contribution in [-0.4, -0.2) is 39.9 Å². The lowest BCUT2D eigenvalue weighted by Gasteiger charge is -2.54. The number of allylic oxidation sites excluding steroid dienone is 1. The molecule has 0 bridgehead atoms. The van der Waals surface area contributed by atoms with Crippen LogP contribution >= 0.6 is 0 Å². The van der Waals surface area contributed by atoms with Crippen molar-refractivity contribution in [3.63, 3.8) is 0 Å². The molecule has 3 rings (SSSR count). The third-order valence-corrected chi connectivity index (χ3v) is 7.65. The molecule has 0 unspecified atom stereocenters. The largest absolute Gasteiger partial charge is 0.385 e. The van der Waals surface area contributed by atoms with Crippen molar-refractivity contribution in [3.8, 4) is 0 Å². The van der Waals surface area contributed by atoms with E-state index in [4.69, 9.17) is 11.3 Å². The third kappa shape index (κ3) is 3.21. The molecule has 2 N–H and O–H groups in total. The van der Waals surface area contributed by atoms with Gasteiger partial charge in [0.05, 0.1) is 28.8 Å². The Bertz CT molecular complexity index is 682. The zero-order valence-corrected chi connectivity index (χ0v) is 17.3. The molecule has 1 amide bonds. The topological polar surface area (TPSA) is 62.9 Å². The highest BCUT2D eigenvalue weighted by atomic mass is 16.5. The second kappa shape index (κ2) is 6.60. The predicted molar refractivity (Wildman–Crippen MR) is 105 cm³/mol. The van der Waals surface area contributed by atoms with Crippen LogP contribution in [0.3, 0.4) is 0 Å². The first-order valence-electron chi connectivity index (χ1n) is 10.2. The van der Waals surface area contributed by atoms with Crippen molar-refractivity contribution in [1.82, 2.24) is 5.32 Å². The van der Waals surface area contributed by atoms with Crippen LogP contribution in [0.2, 0.25) is 0 Å². The highest BCUT2D eigenvalue weighted by molar-refractivity contribution is 5.48. The third-order valence-electron chi connectivity index (χ3n) is 7.65. The van der Waals surface area contributed by atoms with Crippen molar-refractivity contribution >= 4 is 6.41 Å². The highest BCUT2D eigenvalue weighted by Crippen LogP contribution is 2.57. The first-order valence-corrected chi connectivity index (χ1v) is 10.2. The zero-order valence-electron chi connectivity index (χ0n) is 17.3. The number of ether oxygens (including phenoxy) is 1. The maximum absolute atomic E-state index is 11.9. The molecule has 27 heavy (non-hydrogen) atoms. The molecule has 0 aromatic heterocycles. The van der Waals surface area contributed by atoms with Gasteiger partial charge < -0.3 is 20.0 Å². The summed E-state index contributed by atoms with van der Waals surface area (Å²) in [5, 5.41) is 14.8. The summed E-state index contributed by atoms with van der Waals surface area (Å²) in [5.41, 5.74) is -1.23. The molecule has 3 aliphatic rings. The lowest BCUT2D eigenvalue weighted by molar-refractivity contribution is -0.179. The van der Waals surface area contributed by atoms with Crippen molar-refractivity contribution in [2.24, 2.45) is 11.8 Å². The van der Waals surface area contributed by atoms with Gasteiger partial charge in [-0.2, -0.15) is 0 Å². The summed E-state index contributed by atoms with van der Waals surface area (Å²) in [6, 6.07) is 0. The van der Waals surface area contributed by atoms with E-state index in [1.165, 1.54) is 5.57 Å². The monoisotopic (exact) mass is 374 g/mol. The summed E-state index contributed by atoms with van der Waals surface area (Å²) in [7, 11) is 0. The molecule has 0 aromatic rings. The van der Waals surface area contributed by atoms with Crippen LogP contribution in [0.15, 0.2) is 11.6 Å². The molecule has 2 fully saturated rings. The predicted octanol–water partition coefficient (Wildman–Crippen LogP) is 3.62. The highest BCUT2D eigenvalue weighted by Gasteiger charge is 2.64. The number of hydrogen-bond acceptors (Lipinski definition) is 3. The number of amides is 1. The minimum absolute atomic E-state index is 0.0443. The molecular formula is C22H34N2O3. The smallest absolute Gasteiger partial charge is 0.235 e. The maximum Gasteiger partial charge on any atom is 0.235 e. The second-order valence-corrected chi connectivity index (χ2v) is 9.97. The van der Waals surface area contributed by atoms with Crippen molar-refractivity contribution in [2.75, 3.05) is 0 Å². The molecule has 5 heteroatoms. The van der Waals surface area contributed by atoms with Gasteiger partial charge in [0.25, 0.3) is 0 Å². The summed E-state index contributed by atoms with van der Waals surface area (Å²) in [5.74, 6) is -0.109. The lowest BCUT2D eigenvalue weighted by Crippen LogP contribution is -2.63. The number of carbonyl (C=O) groups excluding carboxylic acids is 1. The van der Waals surface area contributed by atoms with Gasteiger partial charge in [0, 0.05) is 19.3 Å². The molecule has 1 saturated heterocycles. The van der Waals surface area contributed by atoms with Gasteiger partial charge in [-0.1, -0.05) is 11.6 Å². The molecule has 5 nitrogen and oxygen atoms in total. The van der Waals surface area contributed by atoms with Crippen LogP contribution < -0.4 is 5.32 Å². The molecule has 1 saturated carbocycles. The van der Waals surface area contributed by atoms with Crippen molar-refractivity contribution in [2.45, 2.75) is 102 Å². The maximum atomic E-state index is 11.9. The molecule has 1 heterocycles. The van der Waals surface area contributed by atoms with Gasteiger partial charge in [0.2, 0.25) is 11.9 Å². The average Bonchev–Trinajstić information content (AvgIpc) is 2.98. The number of fused-ring (bicyclic) bond motifs is 1. The van der Waals surface area contributed by atoms with E-state index in [-0.39, 0.29) is 17.9 Å². The fourth-order valence-corrected chi connectivity index (χ4v) is 5.96. The molecule has 1 aliphatic heterocycles. The van der Waals surface area contributed by atoms with Gasteiger partial charge in [-0.3, -0.25) is 4.79 Å². The van der Waals surface area contributed by atoms with Gasteiger partial charge in [0.15, 0.2) is 0 Å². The van der Waals surface area contributed by atoms with E-state index >= 15 is 0 Å². The first kappa shape index (κ1) is 20.4. The quantitative estimate of drug-likeness (QED) is 0.449. The number of carbonyl (C=O) groups is 1. The molecule has 0 radical (unpaired) electrons. The lowest BCUT2D eigenvalue weighted by atomic mass is 9.53. The Hall–Kier alpha value is -1.38. The second-order valence-electron chi connectivity index (χ2n) is 9.97. The Morgan fingerprint density at radius 1 is 1.30 bits per heavy atom. The van der Waals surface area contributed by atoms with E-state index in [1.807, 2.05) is 26.8 Å². The minimum atomic E-state index is -1.01.